The number of rotatable bonds is 6. The first-order chi connectivity index (χ1) is 15.8. The predicted octanol–water partition coefficient (Wildman–Crippen LogP) is 4.06. The van der Waals surface area contributed by atoms with Crippen molar-refractivity contribution in [1.82, 2.24) is 10.6 Å². The first-order valence-electron chi connectivity index (χ1n) is 11.5. The van der Waals surface area contributed by atoms with Gasteiger partial charge >= 0.3 is 12.1 Å². The van der Waals surface area contributed by atoms with Crippen molar-refractivity contribution in [3.8, 4) is 11.1 Å². The van der Waals surface area contributed by atoms with Gasteiger partial charge in [0.15, 0.2) is 0 Å². The van der Waals surface area contributed by atoms with E-state index in [1.807, 2.05) is 43.3 Å². The number of hydrogen-bond acceptors (Lipinski definition) is 4. The second-order valence-electron chi connectivity index (χ2n) is 9.27. The average molecular weight is 451 g/mol. The highest BCUT2D eigenvalue weighted by Crippen LogP contribution is 2.44. The number of amides is 2. The van der Waals surface area contributed by atoms with Crippen LogP contribution in [0.15, 0.2) is 48.5 Å². The number of benzene rings is 2. The zero-order chi connectivity index (χ0) is 23.6. The number of nitrogens with one attached hydrogen (secondary N) is 2. The summed E-state index contributed by atoms with van der Waals surface area (Å²) >= 11 is 0. The van der Waals surface area contributed by atoms with E-state index in [1.54, 1.807) is 0 Å². The van der Waals surface area contributed by atoms with Crippen LogP contribution in [0.2, 0.25) is 0 Å². The predicted molar refractivity (Wildman–Crippen MR) is 124 cm³/mol. The molecule has 0 radical (unpaired) electrons. The van der Waals surface area contributed by atoms with Crippen molar-refractivity contribution in [3.63, 3.8) is 0 Å². The molecule has 2 aromatic carbocycles. The number of carboxylic acids is 1. The van der Waals surface area contributed by atoms with Crippen LogP contribution in [0.4, 0.5) is 4.79 Å². The van der Waals surface area contributed by atoms with Crippen molar-refractivity contribution in [3.05, 3.63) is 59.7 Å². The van der Waals surface area contributed by atoms with Gasteiger partial charge in [0, 0.05) is 5.92 Å². The third kappa shape index (κ3) is 4.58. The fourth-order valence-corrected chi connectivity index (χ4v) is 5.14. The third-order valence-electron chi connectivity index (χ3n) is 6.84. The number of fused-ring (bicyclic) bond motifs is 3. The Bertz CT molecular complexity index is 1020. The van der Waals surface area contributed by atoms with Crippen LogP contribution in [0.1, 0.15) is 56.6 Å². The van der Waals surface area contributed by atoms with Gasteiger partial charge in [-0.2, -0.15) is 0 Å². The van der Waals surface area contributed by atoms with Crippen molar-refractivity contribution in [2.45, 2.75) is 57.0 Å². The normalized spacial score (nSPS) is 22.5. The Morgan fingerprint density at radius 1 is 1.09 bits per heavy atom. The van der Waals surface area contributed by atoms with Gasteiger partial charge < -0.3 is 20.5 Å². The summed E-state index contributed by atoms with van der Waals surface area (Å²) in [4.78, 5) is 37.1. The van der Waals surface area contributed by atoms with E-state index in [4.69, 9.17) is 4.74 Å². The maximum atomic E-state index is 12.7. The Morgan fingerprint density at radius 2 is 1.70 bits per heavy atom. The number of carbonyl (C=O) groups is 3. The van der Waals surface area contributed by atoms with Crippen molar-refractivity contribution in [2.24, 2.45) is 5.92 Å². The molecular weight excluding hydrogens is 420 g/mol. The lowest BCUT2D eigenvalue weighted by atomic mass is 9.76. The van der Waals surface area contributed by atoms with Crippen LogP contribution in [0, 0.1) is 5.92 Å². The van der Waals surface area contributed by atoms with E-state index in [0.29, 0.717) is 12.8 Å². The highest BCUT2D eigenvalue weighted by molar-refractivity contribution is 5.91. The van der Waals surface area contributed by atoms with Gasteiger partial charge in [0.05, 0.1) is 0 Å². The summed E-state index contributed by atoms with van der Waals surface area (Å²) in [7, 11) is 0. The first kappa shape index (κ1) is 22.8. The number of alkyl carbamates (subject to hydrolysis) is 1. The molecule has 0 heterocycles. The van der Waals surface area contributed by atoms with E-state index in [0.717, 1.165) is 35.1 Å². The molecule has 3 N–H and O–H groups in total. The zero-order valence-electron chi connectivity index (χ0n) is 19.0. The molecule has 7 nitrogen and oxygen atoms in total. The molecule has 2 aliphatic rings. The standard InChI is InChI=1S/C26H30N2O5/c1-16-8-7-13-26(14-16,24(30)31)28-23(29)17(2)27-25(32)33-15-22-20-11-5-3-9-18(20)19-10-4-6-12-21(19)22/h3-6,9-12,16-17,22H,7-8,13-15H2,1-2H3,(H,27,32)(H,28,29)(H,30,31)/t16?,17-,26?/m1/s1. The van der Waals surface area contributed by atoms with Crippen molar-refractivity contribution in [2.75, 3.05) is 6.61 Å². The minimum Gasteiger partial charge on any atom is -0.480 e. The monoisotopic (exact) mass is 450 g/mol. The molecule has 4 rings (SSSR count). The summed E-state index contributed by atoms with van der Waals surface area (Å²) in [6.45, 7) is 3.66. The summed E-state index contributed by atoms with van der Waals surface area (Å²) in [6.07, 6.45) is 1.74. The minimum atomic E-state index is -1.29. The van der Waals surface area contributed by atoms with Crippen LogP contribution in [0.25, 0.3) is 11.1 Å². The van der Waals surface area contributed by atoms with Gasteiger partial charge in [0.1, 0.15) is 18.2 Å². The van der Waals surface area contributed by atoms with Crippen LogP contribution < -0.4 is 10.6 Å². The van der Waals surface area contributed by atoms with E-state index < -0.39 is 29.6 Å². The topological polar surface area (TPSA) is 105 Å². The first-order valence-corrected chi connectivity index (χ1v) is 11.5. The Hall–Kier alpha value is -3.35. The lowest BCUT2D eigenvalue weighted by Crippen LogP contribution is -2.60. The molecule has 2 aliphatic carbocycles. The van der Waals surface area contributed by atoms with E-state index in [2.05, 4.69) is 22.8 Å². The van der Waals surface area contributed by atoms with E-state index in [9.17, 15) is 19.5 Å². The SMILES string of the molecule is CC1CCCC(NC(=O)[C@@H](C)NC(=O)OCC2c3ccccc3-c3ccccc32)(C(=O)O)C1. The van der Waals surface area contributed by atoms with Crippen LogP contribution in [0.3, 0.4) is 0 Å². The zero-order valence-corrected chi connectivity index (χ0v) is 19.0. The third-order valence-corrected chi connectivity index (χ3v) is 6.84. The van der Waals surface area contributed by atoms with Crippen molar-refractivity contribution < 1.29 is 24.2 Å². The number of carbonyl (C=O) groups excluding carboxylic acids is 2. The van der Waals surface area contributed by atoms with E-state index in [-0.39, 0.29) is 18.4 Å². The van der Waals surface area contributed by atoms with Gasteiger partial charge in [-0.25, -0.2) is 9.59 Å². The Labute approximate surface area is 193 Å². The molecule has 3 atom stereocenters. The number of hydrogen-bond donors (Lipinski definition) is 3. The molecule has 0 aromatic heterocycles. The maximum absolute atomic E-state index is 12.7. The highest BCUT2D eigenvalue weighted by Gasteiger charge is 2.44. The average Bonchev–Trinajstić information content (AvgIpc) is 3.11. The number of ether oxygens (including phenoxy) is 1. The molecular formula is C26H30N2O5. The lowest BCUT2D eigenvalue weighted by molar-refractivity contribution is -0.150. The molecule has 7 heteroatoms. The van der Waals surface area contributed by atoms with Gasteiger partial charge in [0.2, 0.25) is 5.91 Å². The number of carboxylic acid groups (broad SMARTS) is 1. The molecule has 33 heavy (non-hydrogen) atoms. The van der Waals surface area contributed by atoms with Gasteiger partial charge in [-0.05, 0) is 47.9 Å². The molecule has 0 spiro atoms. The Balaban J connectivity index is 1.36. The largest absolute Gasteiger partial charge is 0.480 e. The van der Waals surface area contributed by atoms with Crippen LogP contribution in [-0.2, 0) is 14.3 Å². The smallest absolute Gasteiger partial charge is 0.407 e. The molecule has 1 saturated carbocycles. The molecule has 2 aromatic rings. The Kier molecular flexibility index (Phi) is 6.40. The Morgan fingerprint density at radius 3 is 2.27 bits per heavy atom. The molecule has 2 unspecified atom stereocenters. The summed E-state index contributed by atoms with van der Waals surface area (Å²) in [5.41, 5.74) is 3.19. The molecule has 174 valence electrons. The van der Waals surface area contributed by atoms with Gasteiger partial charge in [-0.1, -0.05) is 68.3 Å². The summed E-state index contributed by atoms with van der Waals surface area (Å²) in [5, 5.41) is 15.0. The minimum absolute atomic E-state index is 0.0775. The number of aliphatic carboxylic acids is 1. The van der Waals surface area contributed by atoms with Gasteiger partial charge in [0.25, 0.3) is 0 Å². The van der Waals surface area contributed by atoms with Crippen LogP contribution >= 0.6 is 0 Å². The lowest BCUT2D eigenvalue weighted by Gasteiger charge is -2.37. The summed E-state index contributed by atoms with van der Waals surface area (Å²) in [6, 6.07) is 15.2. The fraction of sp³-hybridized carbons (Fsp3) is 0.423. The highest BCUT2D eigenvalue weighted by atomic mass is 16.5. The molecule has 2 amide bonds. The van der Waals surface area contributed by atoms with Crippen molar-refractivity contribution in [1.29, 1.82) is 0 Å². The maximum Gasteiger partial charge on any atom is 0.407 e. The quantitative estimate of drug-likeness (QED) is 0.616. The molecule has 0 bridgehead atoms. The van der Waals surface area contributed by atoms with Crippen molar-refractivity contribution >= 4 is 18.0 Å². The molecule has 0 aliphatic heterocycles. The van der Waals surface area contributed by atoms with Crippen LogP contribution in [0.5, 0.6) is 0 Å². The molecule has 0 saturated heterocycles. The van der Waals surface area contributed by atoms with Gasteiger partial charge in [-0.15, -0.1) is 0 Å². The van der Waals surface area contributed by atoms with E-state index >= 15 is 0 Å². The van der Waals surface area contributed by atoms with Crippen LogP contribution in [-0.4, -0.2) is 41.3 Å². The second kappa shape index (κ2) is 9.25. The summed E-state index contributed by atoms with van der Waals surface area (Å²) < 4.78 is 5.49. The van der Waals surface area contributed by atoms with E-state index in [1.165, 1.54) is 6.92 Å². The van der Waals surface area contributed by atoms with Gasteiger partial charge in [-0.3, -0.25) is 4.79 Å². The molecule has 1 fully saturated rings. The summed E-state index contributed by atoms with van der Waals surface area (Å²) in [5.74, 6) is -1.43. The fourth-order valence-electron chi connectivity index (χ4n) is 5.14. The second-order valence-corrected chi connectivity index (χ2v) is 9.27.